The molecule has 2 heterocycles. The topological polar surface area (TPSA) is 84.1 Å². The van der Waals surface area contributed by atoms with Gasteiger partial charge in [-0.3, -0.25) is 9.59 Å². The van der Waals surface area contributed by atoms with Gasteiger partial charge in [0.05, 0.1) is 4.58 Å². The molecule has 4 rings (SSSR count). The van der Waals surface area contributed by atoms with Gasteiger partial charge in [-0.15, -0.1) is 23.5 Å². The number of nitrogens with zero attached hydrogens (tertiary/aromatic N) is 1. The lowest BCUT2D eigenvalue weighted by atomic mass is 10.1. The lowest BCUT2D eigenvalue weighted by Crippen LogP contribution is -2.20. The summed E-state index contributed by atoms with van der Waals surface area (Å²) in [5, 5.41) is 2.84. The van der Waals surface area contributed by atoms with Gasteiger partial charge in [-0.25, -0.2) is 4.98 Å². The van der Waals surface area contributed by atoms with Gasteiger partial charge in [0.1, 0.15) is 11.6 Å². The molecule has 0 bridgehead atoms. The van der Waals surface area contributed by atoms with Crippen molar-refractivity contribution in [1.82, 2.24) is 9.97 Å². The number of aromatic nitrogens is 2. The van der Waals surface area contributed by atoms with Crippen molar-refractivity contribution in [3.63, 3.8) is 0 Å². The minimum absolute atomic E-state index is 0.0864. The number of rotatable bonds is 7. The molecular weight excluding hydrogens is 442 g/mol. The third kappa shape index (κ3) is 5.95. The van der Waals surface area contributed by atoms with Crippen molar-refractivity contribution in [1.29, 1.82) is 0 Å². The minimum atomic E-state index is -0.256. The molecule has 3 aromatic rings. The zero-order chi connectivity index (χ0) is 22.3. The molecule has 2 aromatic carbocycles. The maximum atomic E-state index is 12.4. The Morgan fingerprint density at radius 3 is 2.69 bits per heavy atom. The van der Waals surface area contributed by atoms with Gasteiger partial charge < -0.3 is 15.0 Å². The van der Waals surface area contributed by atoms with Crippen LogP contribution in [0.2, 0.25) is 0 Å². The SMILES string of the molecule is CCc1cc(=O)[nH]c(-c2cccc(NC(=O)COc3ccc(C4SCCCS4)cc3)c2)n1. The summed E-state index contributed by atoms with van der Waals surface area (Å²) in [6.07, 6.45) is 1.94. The molecule has 1 aliphatic heterocycles. The fourth-order valence-electron chi connectivity index (χ4n) is 3.32. The molecule has 0 unspecified atom stereocenters. The zero-order valence-corrected chi connectivity index (χ0v) is 19.4. The third-order valence-corrected chi connectivity index (χ3v) is 7.94. The summed E-state index contributed by atoms with van der Waals surface area (Å²) < 4.78 is 6.14. The maximum Gasteiger partial charge on any atom is 0.262 e. The van der Waals surface area contributed by atoms with E-state index in [4.69, 9.17) is 4.74 Å². The zero-order valence-electron chi connectivity index (χ0n) is 17.8. The summed E-state index contributed by atoms with van der Waals surface area (Å²) in [6.45, 7) is 1.86. The highest BCUT2D eigenvalue weighted by molar-refractivity contribution is 8.16. The van der Waals surface area contributed by atoms with Crippen molar-refractivity contribution in [3.05, 3.63) is 76.2 Å². The van der Waals surface area contributed by atoms with Gasteiger partial charge in [0.25, 0.3) is 11.5 Å². The number of carbonyl (C=O) groups is 1. The van der Waals surface area contributed by atoms with Gasteiger partial charge >= 0.3 is 0 Å². The van der Waals surface area contributed by atoms with Crippen LogP contribution in [0.5, 0.6) is 5.75 Å². The van der Waals surface area contributed by atoms with E-state index in [0.717, 1.165) is 11.3 Å². The molecule has 6 nitrogen and oxygen atoms in total. The Kier molecular flexibility index (Phi) is 7.55. The molecular formula is C24H25N3O3S2. The van der Waals surface area contributed by atoms with Gasteiger partial charge in [-0.2, -0.15) is 0 Å². The molecule has 32 heavy (non-hydrogen) atoms. The second-order valence-corrected chi connectivity index (χ2v) is 10.1. The lowest BCUT2D eigenvalue weighted by molar-refractivity contribution is -0.118. The highest BCUT2D eigenvalue weighted by Crippen LogP contribution is 2.43. The van der Waals surface area contributed by atoms with Gasteiger partial charge in [0, 0.05) is 23.0 Å². The predicted octanol–water partition coefficient (Wildman–Crippen LogP) is 4.89. The number of anilines is 1. The molecule has 1 aromatic heterocycles. The van der Waals surface area contributed by atoms with Crippen LogP contribution in [0.15, 0.2) is 59.4 Å². The van der Waals surface area contributed by atoms with Crippen molar-refractivity contribution in [2.75, 3.05) is 23.4 Å². The first kappa shape index (κ1) is 22.5. The average molecular weight is 468 g/mol. The Labute approximate surface area is 195 Å². The smallest absolute Gasteiger partial charge is 0.262 e. The molecule has 1 aliphatic rings. The number of carbonyl (C=O) groups excluding carboxylic acids is 1. The number of benzene rings is 2. The van der Waals surface area contributed by atoms with E-state index in [9.17, 15) is 9.59 Å². The highest BCUT2D eigenvalue weighted by Gasteiger charge is 2.16. The molecule has 166 valence electrons. The number of aryl methyl sites for hydroxylation is 1. The van der Waals surface area contributed by atoms with E-state index in [2.05, 4.69) is 27.4 Å². The Balaban J connectivity index is 1.35. The molecule has 1 fully saturated rings. The van der Waals surface area contributed by atoms with Gasteiger partial charge in [0.15, 0.2) is 6.61 Å². The molecule has 1 amide bonds. The minimum Gasteiger partial charge on any atom is -0.484 e. The van der Waals surface area contributed by atoms with Gasteiger partial charge in [-0.1, -0.05) is 31.2 Å². The number of aromatic amines is 1. The summed E-state index contributed by atoms with van der Waals surface area (Å²) in [5.41, 5.74) is 3.15. The Morgan fingerprint density at radius 1 is 1.16 bits per heavy atom. The fourth-order valence-corrected chi connectivity index (χ4v) is 6.21. The van der Waals surface area contributed by atoms with Crippen LogP contribution in [0.25, 0.3) is 11.4 Å². The van der Waals surface area contributed by atoms with E-state index in [1.165, 1.54) is 29.6 Å². The van der Waals surface area contributed by atoms with E-state index in [1.807, 2.05) is 54.7 Å². The number of H-pyrrole nitrogens is 1. The average Bonchev–Trinajstić information content (AvgIpc) is 2.83. The predicted molar refractivity (Wildman–Crippen MR) is 133 cm³/mol. The second kappa shape index (κ2) is 10.7. The van der Waals surface area contributed by atoms with Crippen LogP contribution in [0.4, 0.5) is 5.69 Å². The third-order valence-electron chi connectivity index (χ3n) is 4.93. The Bertz CT molecular complexity index is 1130. The van der Waals surface area contributed by atoms with E-state index < -0.39 is 0 Å². The van der Waals surface area contributed by atoms with Gasteiger partial charge in [-0.05, 0) is 54.2 Å². The van der Waals surface area contributed by atoms with E-state index in [1.54, 1.807) is 12.1 Å². The molecule has 0 spiro atoms. The molecule has 0 atom stereocenters. The molecule has 0 saturated carbocycles. The standard InChI is InChI=1S/C24H25N3O3S2/c1-2-18-14-21(28)27-23(26-18)17-5-3-6-19(13-17)25-22(29)15-30-20-9-7-16(8-10-20)24-31-11-4-12-32-24/h3,5-10,13-14,24H,2,4,11-12,15H2,1H3,(H,25,29)(H,26,27,28). The van der Waals surface area contributed by atoms with E-state index >= 15 is 0 Å². The maximum absolute atomic E-state index is 12.4. The summed E-state index contributed by atoms with van der Waals surface area (Å²) in [4.78, 5) is 31.4. The quantitative estimate of drug-likeness (QED) is 0.515. The largest absolute Gasteiger partial charge is 0.484 e. The van der Waals surface area contributed by atoms with Crippen LogP contribution in [-0.4, -0.2) is 34.0 Å². The number of hydrogen-bond acceptors (Lipinski definition) is 6. The molecule has 0 aliphatic carbocycles. The number of nitrogens with one attached hydrogen (secondary N) is 2. The van der Waals surface area contributed by atoms with Crippen LogP contribution in [-0.2, 0) is 11.2 Å². The number of amides is 1. The second-order valence-electron chi connectivity index (χ2n) is 7.35. The number of ether oxygens (including phenoxy) is 1. The lowest BCUT2D eigenvalue weighted by Gasteiger charge is -2.21. The molecule has 0 radical (unpaired) electrons. The van der Waals surface area contributed by atoms with Crippen LogP contribution < -0.4 is 15.6 Å². The molecule has 1 saturated heterocycles. The van der Waals surface area contributed by atoms with Crippen molar-refractivity contribution in [3.8, 4) is 17.1 Å². The molecule has 8 heteroatoms. The normalized spacial score (nSPS) is 14.2. The monoisotopic (exact) mass is 467 g/mol. The van der Waals surface area contributed by atoms with Crippen molar-refractivity contribution in [2.24, 2.45) is 0 Å². The summed E-state index contributed by atoms with van der Waals surface area (Å²) in [5.74, 6) is 3.30. The fraction of sp³-hybridized carbons (Fsp3) is 0.292. The van der Waals surface area contributed by atoms with Gasteiger partial charge in [0.2, 0.25) is 0 Å². The molecule has 2 N–H and O–H groups in total. The van der Waals surface area contributed by atoms with Crippen LogP contribution in [0, 0.1) is 0 Å². The Morgan fingerprint density at radius 2 is 1.94 bits per heavy atom. The summed E-state index contributed by atoms with van der Waals surface area (Å²) in [6, 6.07) is 16.7. The summed E-state index contributed by atoms with van der Waals surface area (Å²) >= 11 is 3.96. The highest BCUT2D eigenvalue weighted by atomic mass is 32.2. The van der Waals surface area contributed by atoms with Crippen molar-refractivity contribution >= 4 is 35.1 Å². The van der Waals surface area contributed by atoms with Crippen LogP contribution >= 0.6 is 23.5 Å². The van der Waals surface area contributed by atoms with Crippen LogP contribution in [0.3, 0.4) is 0 Å². The van der Waals surface area contributed by atoms with Crippen molar-refractivity contribution < 1.29 is 9.53 Å². The Hall–Kier alpha value is -2.71. The number of thioether (sulfide) groups is 2. The number of hydrogen-bond donors (Lipinski definition) is 2. The first-order valence-corrected chi connectivity index (χ1v) is 12.7. The van der Waals surface area contributed by atoms with E-state index in [0.29, 0.717) is 28.3 Å². The summed E-state index contributed by atoms with van der Waals surface area (Å²) in [7, 11) is 0. The van der Waals surface area contributed by atoms with Crippen LogP contribution in [0.1, 0.15) is 29.2 Å². The first-order chi connectivity index (χ1) is 15.6. The van der Waals surface area contributed by atoms with Crippen molar-refractivity contribution in [2.45, 2.75) is 24.3 Å². The van der Waals surface area contributed by atoms with E-state index in [-0.39, 0.29) is 18.1 Å². The first-order valence-electron chi connectivity index (χ1n) is 10.6.